The van der Waals surface area contributed by atoms with Gasteiger partial charge in [0.2, 0.25) is 18.5 Å². The van der Waals surface area contributed by atoms with Crippen LogP contribution in [-0.4, -0.2) is 20.9 Å². The zero-order chi connectivity index (χ0) is 58.5. The van der Waals surface area contributed by atoms with Crippen molar-refractivity contribution in [1.82, 2.24) is 4.98 Å². The van der Waals surface area contributed by atoms with Gasteiger partial charge >= 0.3 is 53.4 Å². The molecule has 4 nitrogen and oxygen atoms in total. The van der Waals surface area contributed by atoms with Crippen LogP contribution in [0.15, 0.2) is 122 Å². The Kier molecular flexibility index (Phi) is 17.1. The van der Waals surface area contributed by atoms with Gasteiger partial charge in [-0.25, -0.2) is 4.98 Å². The predicted molar refractivity (Wildman–Crippen MR) is 226 cm³/mol. The molecule has 0 amide bonds. The summed E-state index contributed by atoms with van der Waals surface area (Å²) in [5, 5.41) is 0. The molecule has 0 atom stereocenters. The maximum atomic E-state index is 14.2. The number of nitrogens with zero attached hydrogens (tertiary/aromatic N) is 2. The fourth-order valence-corrected chi connectivity index (χ4v) is 7.87. The molecule has 0 aliphatic heterocycles. The van der Waals surface area contributed by atoms with Gasteiger partial charge in [0, 0.05) is 5.56 Å². The van der Waals surface area contributed by atoms with Crippen molar-refractivity contribution in [2.75, 3.05) is 0 Å². The van der Waals surface area contributed by atoms with Crippen LogP contribution in [0.3, 0.4) is 0 Å². The first-order valence-electron chi connectivity index (χ1n) is 20.2. The van der Waals surface area contributed by atoms with Gasteiger partial charge < -0.3 is 4.74 Å². The van der Waals surface area contributed by atoms with E-state index in [1.165, 1.54) is 12.4 Å². The number of ketones is 1. The lowest BCUT2D eigenvalue weighted by Gasteiger charge is -2.46. The lowest BCUT2D eigenvalue weighted by Crippen LogP contribution is -2.75. The summed E-state index contributed by atoms with van der Waals surface area (Å²) < 4.78 is 346. The van der Waals surface area contributed by atoms with Crippen molar-refractivity contribution in [3.63, 3.8) is 0 Å². The van der Waals surface area contributed by atoms with Gasteiger partial charge in [-0.1, -0.05) is 78.9 Å². The van der Waals surface area contributed by atoms with E-state index in [0.29, 0.717) is 5.56 Å². The van der Waals surface area contributed by atoms with Gasteiger partial charge in [0.15, 0.2) is 6.20 Å². The summed E-state index contributed by atoms with van der Waals surface area (Å²) in [6, 6.07) is 0.161. The summed E-state index contributed by atoms with van der Waals surface area (Å²) in [5.41, 5.74) is -29.6. The zero-order valence-electron chi connectivity index (χ0n) is 36.7. The van der Waals surface area contributed by atoms with Crippen LogP contribution in [0.2, 0.25) is 0 Å². The number of carbonyl (C=O) groups is 1. The van der Waals surface area contributed by atoms with E-state index in [2.05, 4.69) is 4.98 Å². The number of benzene rings is 5. The van der Waals surface area contributed by atoms with Crippen molar-refractivity contribution in [2.24, 2.45) is 0 Å². The van der Waals surface area contributed by atoms with Crippen molar-refractivity contribution in [3.8, 4) is 5.88 Å². The third-order valence-electron chi connectivity index (χ3n) is 10.8. The van der Waals surface area contributed by atoms with Gasteiger partial charge in [0.05, 0.1) is 50.7 Å². The molecule has 0 spiro atoms. The third kappa shape index (κ3) is 15.4. The molecular formula is C45H22BCl3F24N2O2. The molecule has 6 aromatic rings. The number of halogens is 27. The molecule has 0 saturated heterocycles. The third-order valence-corrected chi connectivity index (χ3v) is 11.0. The molecule has 0 radical (unpaired) electrons. The molecule has 0 N–H and O–H groups in total. The maximum Gasteiger partial charge on any atom is 0.416 e. The predicted octanol–water partition coefficient (Wildman–Crippen LogP) is 14.2. The monoisotopic (exact) mass is 1190 g/mol. The number of carbonyl (C=O) groups excluding carboxylic acids is 1. The molecule has 0 unspecified atom stereocenters. The summed E-state index contributed by atoms with van der Waals surface area (Å²) in [5.74, 6) is 0.0787. The molecule has 1 aromatic heterocycles. The SMILES string of the molecule is FC(F)(F)c1cc([B-](c2cc(C(F)(F)F)cc(C(F)(F)F)c2)(c2cc(C(F)(F)F)cc(C(F)(F)F)c2)c2cc(C(F)(F)F)cc(C(F)(F)F)c2)cc(C(F)(F)F)c1.O=C(C[n+]1ccnc(OC(Cl)(Cl)Cl)c1)c1ccccc1. The number of hydrogen-bond donors (Lipinski definition) is 0. The molecule has 5 aromatic carbocycles. The Morgan fingerprint density at radius 1 is 0.429 bits per heavy atom. The average Bonchev–Trinajstić information content (AvgIpc) is 3.27. The van der Waals surface area contributed by atoms with Crippen molar-refractivity contribution in [3.05, 3.63) is 172 Å². The summed E-state index contributed by atoms with van der Waals surface area (Å²) in [7, 11) is 0. The van der Waals surface area contributed by atoms with E-state index in [-0.39, 0.29) is 18.2 Å². The highest BCUT2D eigenvalue weighted by molar-refractivity contribution is 7.20. The van der Waals surface area contributed by atoms with E-state index >= 15 is 0 Å². The van der Waals surface area contributed by atoms with E-state index in [4.69, 9.17) is 39.5 Å². The quantitative estimate of drug-likeness (QED) is 0.0501. The van der Waals surface area contributed by atoms with Gasteiger partial charge in [-0.3, -0.25) is 4.79 Å². The van der Waals surface area contributed by atoms with Gasteiger partial charge in [0.1, 0.15) is 6.15 Å². The minimum absolute atomic E-state index is 0.0402. The van der Waals surface area contributed by atoms with Gasteiger partial charge in [-0.05, 0) is 59.1 Å². The van der Waals surface area contributed by atoms with E-state index in [1.54, 1.807) is 22.9 Å². The largest absolute Gasteiger partial charge is 0.423 e. The van der Waals surface area contributed by atoms with Crippen LogP contribution in [-0.2, 0) is 56.0 Å². The Balaban J connectivity index is 0.000000455. The molecule has 32 heteroatoms. The van der Waals surface area contributed by atoms with E-state index in [0.717, 1.165) is 0 Å². The highest BCUT2D eigenvalue weighted by atomic mass is 35.6. The molecule has 1 heterocycles. The first-order chi connectivity index (χ1) is 34.7. The highest BCUT2D eigenvalue weighted by Gasteiger charge is 2.47. The maximum absolute atomic E-state index is 14.2. The number of Topliss-reactive ketones (excluding diaryl/α,β-unsaturated/α-hetero) is 1. The highest BCUT2D eigenvalue weighted by Crippen LogP contribution is 2.41. The second kappa shape index (κ2) is 21.3. The van der Waals surface area contributed by atoms with Gasteiger partial charge in [-0.2, -0.15) is 132 Å². The zero-order valence-corrected chi connectivity index (χ0v) is 39.0. The second-order valence-electron chi connectivity index (χ2n) is 16.1. The lowest BCUT2D eigenvalue weighted by atomic mass is 9.12. The molecule has 77 heavy (non-hydrogen) atoms. The van der Waals surface area contributed by atoms with Gasteiger partial charge in [0.25, 0.3) is 5.88 Å². The smallest absolute Gasteiger partial charge is 0.416 e. The topological polar surface area (TPSA) is 43.1 Å². The first-order valence-corrected chi connectivity index (χ1v) is 21.4. The van der Waals surface area contributed by atoms with Crippen LogP contribution < -0.4 is 31.2 Å². The van der Waals surface area contributed by atoms with Crippen molar-refractivity contribution in [2.45, 2.75) is 59.9 Å². The number of ether oxygens (including phenoxy) is 1. The van der Waals surface area contributed by atoms with Crippen LogP contribution in [0.5, 0.6) is 5.88 Å². The first kappa shape index (κ1) is 61.8. The fraction of sp³-hybridized carbons (Fsp3) is 0.222. The summed E-state index contributed by atoms with van der Waals surface area (Å²) in [6.07, 6.45) is -50.2. The standard InChI is InChI=1S/C32H12BF24.C13H10Cl3N2O2/c34-25(35,36)13-1-14(26(37,38)39)6-21(5-13)33(22-7-15(27(40,41)42)2-16(8-22)28(43,44)45,23-9-17(29(46,47)48)3-18(10-23)30(49,50)51)24-11-19(31(52,53)54)4-20(12-24)32(55,56)57;14-13(15,16)20-12-9-18(7-6-17-12)8-11(19)10-4-2-1-3-5-10/h1-12H;1-7,9H,8H2/q-1;+1. The van der Waals surface area contributed by atoms with Crippen LogP contribution in [0, 0.1) is 0 Å². The minimum Gasteiger partial charge on any atom is -0.423 e. The number of aromatic nitrogens is 2. The molecule has 0 aliphatic rings. The van der Waals surface area contributed by atoms with E-state index in [9.17, 15) is 110 Å². The van der Waals surface area contributed by atoms with Crippen LogP contribution in [0.4, 0.5) is 105 Å². The Hall–Kier alpha value is -6.10. The second-order valence-corrected chi connectivity index (χ2v) is 18.3. The normalized spacial score (nSPS) is 13.5. The number of rotatable bonds is 8. The van der Waals surface area contributed by atoms with E-state index < -0.39 is 199 Å². The Bertz CT molecular complexity index is 2670. The summed E-state index contributed by atoms with van der Waals surface area (Å²) >= 11 is 16.5. The van der Waals surface area contributed by atoms with Gasteiger partial charge in [-0.15, -0.1) is 0 Å². The Morgan fingerprint density at radius 2 is 0.688 bits per heavy atom. The number of alkyl halides is 27. The Morgan fingerprint density at radius 3 is 0.922 bits per heavy atom. The average molecular weight is 1200 g/mol. The van der Waals surface area contributed by atoms with Crippen LogP contribution in [0.1, 0.15) is 54.9 Å². The fourth-order valence-electron chi connectivity index (χ4n) is 7.63. The number of hydrogen-bond acceptors (Lipinski definition) is 3. The van der Waals surface area contributed by atoms with Crippen molar-refractivity contribution < 1.29 is 119 Å². The molecule has 0 bridgehead atoms. The van der Waals surface area contributed by atoms with Crippen molar-refractivity contribution >= 4 is 68.6 Å². The molecular weight excluding hydrogens is 1170 g/mol. The lowest BCUT2D eigenvalue weighted by molar-refractivity contribution is -0.684. The molecule has 0 fully saturated rings. The molecule has 0 saturated carbocycles. The molecule has 6 rings (SSSR count). The molecule has 416 valence electrons. The summed E-state index contributed by atoms with van der Waals surface area (Å²) in [4.78, 5) is 15.9. The van der Waals surface area contributed by atoms with Crippen molar-refractivity contribution in [1.29, 1.82) is 0 Å². The Labute approximate surface area is 429 Å². The molecule has 0 aliphatic carbocycles. The summed E-state index contributed by atoms with van der Waals surface area (Å²) in [6.45, 7) is 0.142. The van der Waals surface area contributed by atoms with Crippen LogP contribution in [0.25, 0.3) is 0 Å². The van der Waals surface area contributed by atoms with Crippen LogP contribution >= 0.6 is 34.8 Å². The minimum atomic E-state index is -6.13. The van der Waals surface area contributed by atoms with E-state index in [1.807, 2.05) is 18.2 Å².